The molecule has 192 valence electrons. The first-order chi connectivity index (χ1) is 18.9. The second kappa shape index (κ2) is 9.70. The zero-order valence-electron chi connectivity index (χ0n) is 20.2. The molecule has 1 aliphatic heterocycles. The maximum atomic E-state index is 13.7. The van der Waals surface area contributed by atoms with Crippen LogP contribution in [0.25, 0.3) is 11.0 Å². The molecule has 1 aliphatic rings. The van der Waals surface area contributed by atoms with E-state index in [9.17, 15) is 19.8 Å². The molecule has 0 radical (unpaired) electrons. The molecule has 0 spiro atoms. The third kappa shape index (κ3) is 4.49. The molecule has 6 rings (SSSR count). The number of para-hydroxylation sites is 1. The van der Waals surface area contributed by atoms with Crippen LogP contribution in [-0.2, 0) is 4.79 Å². The summed E-state index contributed by atoms with van der Waals surface area (Å²) in [6, 6.07) is 27.6. The lowest BCUT2D eigenvalue weighted by Gasteiger charge is -2.27. The first-order valence-corrected chi connectivity index (χ1v) is 12.4. The average Bonchev–Trinajstić information content (AvgIpc) is 3.48. The number of Topliss-reactive ketones (excluding diaryl/α,β-unsaturated/α-hetero) is 1. The van der Waals surface area contributed by atoms with Gasteiger partial charge in [-0.15, -0.1) is 0 Å². The maximum absolute atomic E-state index is 13.7. The van der Waals surface area contributed by atoms with Gasteiger partial charge in [0.25, 0.3) is 5.91 Å². The van der Waals surface area contributed by atoms with Crippen LogP contribution in [0.4, 0.5) is 5.69 Å². The number of aliphatic hydroxyl groups is 1. The molecule has 4 aromatic carbocycles. The highest BCUT2D eigenvalue weighted by Gasteiger charge is 2.45. The smallest absolute Gasteiger partial charge is 0.294 e. The normalized spacial score (nSPS) is 15.3. The number of fused-ring (bicyclic) bond motifs is 1. The van der Waals surface area contributed by atoms with Crippen LogP contribution in [0.15, 0.2) is 119 Å². The van der Waals surface area contributed by atoms with Crippen molar-refractivity contribution in [3.63, 3.8) is 0 Å². The minimum Gasteiger partial charge on any atom is -0.508 e. The van der Waals surface area contributed by atoms with Gasteiger partial charge in [-0.2, -0.15) is 0 Å². The number of ether oxygens (including phenoxy) is 1. The van der Waals surface area contributed by atoms with E-state index in [1.54, 1.807) is 54.6 Å². The molecular formula is C31H20ClNO6. The Labute approximate surface area is 227 Å². The number of benzene rings is 4. The highest BCUT2D eigenvalue weighted by Crippen LogP contribution is 2.43. The van der Waals surface area contributed by atoms with Crippen molar-refractivity contribution in [2.75, 3.05) is 4.90 Å². The average molecular weight is 538 g/mol. The number of rotatable bonds is 6. The number of ketones is 1. The van der Waals surface area contributed by atoms with E-state index in [2.05, 4.69) is 0 Å². The molecule has 7 nitrogen and oxygen atoms in total. The second-order valence-corrected chi connectivity index (χ2v) is 9.40. The van der Waals surface area contributed by atoms with Crippen LogP contribution in [0.1, 0.15) is 22.2 Å². The van der Waals surface area contributed by atoms with Crippen LogP contribution in [0.5, 0.6) is 17.2 Å². The fourth-order valence-electron chi connectivity index (χ4n) is 4.63. The van der Waals surface area contributed by atoms with Crippen LogP contribution in [-0.4, -0.2) is 21.9 Å². The van der Waals surface area contributed by atoms with Crippen molar-refractivity contribution < 1.29 is 29.0 Å². The van der Waals surface area contributed by atoms with E-state index < -0.39 is 23.5 Å². The van der Waals surface area contributed by atoms with Crippen molar-refractivity contribution in [3.8, 4) is 17.2 Å². The van der Waals surface area contributed by atoms with E-state index in [-0.39, 0.29) is 17.1 Å². The second-order valence-electron chi connectivity index (χ2n) is 8.96. The lowest BCUT2D eigenvalue weighted by molar-refractivity contribution is -0.117. The Morgan fingerprint density at radius 2 is 1.54 bits per heavy atom. The fraction of sp³-hybridized carbons (Fsp3) is 0.0323. The first kappa shape index (κ1) is 24.3. The van der Waals surface area contributed by atoms with Gasteiger partial charge >= 0.3 is 0 Å². The predicted molar refractivity (Wildman–Crippen MR) is 147 cm³/mol. The Hall–Kier alpha value is -5.01. The molecule has 39 heavy (non-hydrogen) atoms. The summed E-state index contributed by atoms with van der Waals surface area (Å²) in [4.78, 5) is 28.5. The number of phenolic OH excluding ortho intramolecular Hbond substituents is 1. The molecule has 0 aliphatic carbocycles. The Bertz CT molecular complexity index is 1740. The molecule has 0 fully saturated rings. The van der Waals surface area contributed by atoms with E-state index in [4.69, 9.17) is 20.8 Å². The summed E-state index contributed by atoms with van der Waals surface area (Å²) in [6.07, 6.45) is 0. The van der Waals surface area contributed by atoms with Crippen LogP contribution in [0.2, 0.25) is 5.02 Å². The van der Waals surface area contributed by atoms with E-state index >= 15 is 0 Å². The predicted octanol–water partition coefficient (Wildman–Crippen LogP) is 7.37. The summed E-state index contributed by atoms with van der Waals surface area (Å²) in [5.74, 6) is -0.881. The molecule has 5 aromatic rings. The zero-order valence-corrected chi connectivity index (χ0v) is 21.0. The van der Waals surface area contributed by atoms with Gasteiger partial charge in [0, 0.05) is 16.1 Å². The number of carbonyl (C=O) groups is 2. The van der Waals surface area contributed by atoms with Gasteiger partial charge in [-0.05, 0) is 78.4 Å². The number of aliphatic hydroxyl groups excluding tert-OH is 1. The quantitative estimate of drug-likeness (QED) is 0.219. The number of hydrogen-bond donors (Lipinski definition) is 2. The number of carbonyl (C=O) groups excluding carboxylic acids is 2. The van der Waals surface area contributed by atoms with Crippen molar-refractivity contribution >= 4 is 39.9 Å². The number of phenols is 1. The summed E-state index contributed by atoms with van der Waals surface area (Å²) in [5.41, 5.74) is 1.25. The van der Waals surface area contributed by atoms with Crippen LogP contribution in [0.3, 0.4) is 0 Å². The van der Waals surface area contributed by atoms with Crippen LogP contribution >= 0.6 is 11.6 Å². The number of aromatic hydroxyl groups is 1. The first-order valence-electron chi connectivity index (χ1n) is 12.0. The SMILES string of the molecule is O=C(C1=C(O)C(=O)N(c2ccc(Oc3ccccc3)cc2)C1c1ccc(O)cc1)c1cc2cc(Cl)ccc2o1. The Morgan fingerprint density at radius 3 is 2.26 bits per heavy atom. The molecule has 0 bridgehead atoms. The highest BCUT2D eigenvalue weighted by atomic mass is 35.5. The number of hydrogen-bond acceptors (Lipinski definition) is 6. The van der Waals surface area contributed by atoms with E-state index in [1.807, 2.05) is 30.3 Å². The third-order valence-electron chi connectivity index (χ3n) is 6.46. The summed E-state index contributed by atoms with van der Waals surface area (Å²) in [6.45, 7) is 0. The van der Waals surface area contributed by atoms with Crippen molar-refractivity contribution in [2.45, 2.75) is 6.04 Å². The molecule has 2 heterocycles. The van der Waals surface area contributed by atoms with Crippen LogP contribution < -0.4 is 9.64 Å². The minimum absolute atomic E-state index is 0.0206. The van der Waals surface area contributed by atoms with Gasteiger partial charge in [0.1, 0.15) is 22.8 Å². The standard InChI is InChI=1S/C31H20ClNO6/c32-20-8-15-25-19(16-20)17-26(39-25)29(35)27-28(18-6-11-22(34)12-7-18)33(31(37)30(27)36)21-9-13-24(14-10-21)38-23-4-2-1-3-5-23/h1-17,28,34,36H. The Morgan fingerprint density at radius 1 is 0.846 bits per heavy atom. The minimum atomic E-state index is -0.983. The van der Waals surface area contributed by atoms with Gasteiger partial charge in [0.2, 0.25) is 5.78 Å². The zero-order chi connectivity index (χ0) is 27.1. The monoisotopic (exact) mass is 537 g/mol. The number of anilines is 1. The third-order valence-corrected chi connectivity index (χ3v) is 6.69. The van der Waals surface area contributed by atoms with Gasteiger partial charge in [-0.3, -0.25) is 14.5 Å². The topological polar surface area (TPSA) is 100 Å². The largest absolute Gasteiger partial charge is 0.508 e. The van der Waals surface area contributed by atoms with Crippen LogP contribution in [0, 0.1) is 0 Å². The maximum Gasteiger partial charge on any atom is 0.294 e. The van der Waals surface area contributed by atoms with E-state index in [0.29, 0.717) is 38.7 Å². The van der Waals surface area contributed by atoms with Crippen molar-refractivity contribution in [1.82, 2.24) is 0 Å². The van der Waals surface area contributed by atoms with Crippen molar-refractivity contribution in [2.24, 2.45) is 0 Å². The molecule has 1 atom stereocenters. The molecule has 1 amide bonds. The number of amides is 1. The van der Waals surface area contributed by atoms with Gasteiger partial charge in [-0.25, -0.2) is 0 Å². The summed E-state index contributed by atoms with van der Waals surface area (Å²) in [5, 5.41) is 21.9. The lowest BCUT2D eigenvalue weighted by atomic mass is 9.94. The van der Waals surface area contributed by atoms with Crippen molar-refractivity contribution in [1.29, 1.82) is 0 Å². The Kier molecular flexibility index (Phi) is 6.05. The molecular weight excluding hydrogens is 518 g/mol. The highest BCUT2D eigenvalue weighted by molar-refractivity contribution is 6.31. The summed E-state index contributed by atoms with van der Waals surface area (Å²) >= 11 is 6.08. The number of furan rings is 1. The van der Waals surface area contributed by atoms with E-state index in [1.165, 1.54) is 23.1 Å². The summed E-state index contributed by atoms with van der Waals surface area (Å²) in [7, 11) is 0. The van der Waals surface area contributed by atoms with E-state index in [0.717, 1.165) is 0 Å². The molecule has 1 unspecified atom stereocenters. The lowest BCUT2D eigenvalue weighted by Crippen LogP contribution is -2.31. The van der Waals surface area contributed by atoms with Gasteiger partial charge in [0.15, 0.2) is 11.5 Å². The Balaban J connectivity index is 1.40. The van der Waals surface area contributed by atoms with Gasteiger partial charge in [0.05, 0.1) is 11.6 Å². The molecule has 2 N–H and O–H groups in total. The molecule has 1 aromatic heterocycles. The van der Waals surface area contributed by atoms with Gasteiger partial charge in [-0.1, -0.05) is 41.9 Å². The molecule has 0 saturated carbocycles. The molecule has 0 saturated heterocycles. The van der Waals surface area contributed by atoms with Gasteiger partial charge < -0.3 is 19.4 Å². The van der Waals surface area contributed by atoms with Crippen molar-refractivity contribution in [3.05, 3.63) is 131 Å². The fourth-order valence-corrected chi connectivity index (χ4v) is 4.81. The number of nitrogens with zero attached hydrogens (tertiary/aromatic N) is 1. The molecule has 8 heteroatoms. The summed E-state index contributed by atoms with van der Waals surface area (Å²) < 4.78 is 11.6. The number of halogens is 1.